The number of fused-ring (bicyclic) bond motifs is 8. The van der Waals surface area contributed by atoms with Crippen molar-refractivity contribution in [2.45, 2.75) is 0 Å². The molecular weight excluding hydrogens is 506 g/mol. The third kappa shape index (κ3) is 3.05. The number of para-hydroxylation sites is 1. The highest BCUT2D eigenvalue weighted by atomic mass is 32.1. The van der Waals surface area contributed by atoms with Gasteiger partial charge in [0.2, 0.25) is 0 Å². The Morgan fingerprint density at radius 3 is 2.05 bits per heavy atom. The molecule has 0 bridgehead atoms. The lowest BCUT2D eigenvalue weighted by molar-refractivity contribution is 1.08. The topological polar surface area (TPSA) is 30.7 Å². The van der Waals surface area contributed by atoms with E-state index in [-0.39, 0.29) is 0 Å². The van der Waals surface area contributed by atoms with Gasteiger partial charge in [0.1, 0.15) is 4.83 Å². The maximum Gasteiger partial charge on any atom is 0.163 e. The molecule has 0 radical (unpaired) electrons. The molecule has 4 heteroatoms. The van der Waals surface area contributed by atoms with Crippen LogP contribution in [0.3, 0.4) is 0 Å². The molecule has 0 aliphatic rings. The molecule has 0 aliphatic carbocycles. The Morgan fingerprint density at radius 1 is 0.500 bits per heavy atom. The number of thiophene rings is 1. The molecular formula is C36H21N3S. The van der Waals surface area contributed by atoms with Gasteiger partial charge in [-0.25, -0.2) is 9.97 Å². The Labute approximate surface area is 233 Å². The first kappa shape index (κ1) is 21.8. The molecule has 0 spiro atoms. The molecule has 40 heavy (non-hydrogen) atoms. The second-order valence-corrected chi connectivity index (χ2v) is 11.3. The summed E-state index contributed by atoms with van der Waals surface area (Å²) in [7, 11) is 0. The molecule has 186 valence electrons. The molecule has 3 nitrogen and oxygen atoms in total. The normalized spacial score (nSPS) is 12.0. The standard InChI is InChI=1S/C36H21N3S/c1-2-12-24-21-31-29(20-23(24)11-1)26-15-5-7-18-30(26)39(31)35-33-28-16-6-8-19-32(28)40-36(33)38-34(37-35)27-17-9-13-22-10-3-4-14-25(22)27/h1-21H. The van der Waals surface area contributed by atoms with Gasteiger partial charge in [-0.1, -0.05) is 103 Å². The monoisotopic (exact) mass is 527 g/mol. The highest BCUT2D eigenvalue weighted by molar-refractivity contribution is 7.25. The molecule has 0 N–H and O–H groups in total. The molecule has 0 amide bonds. The molecule has 9 rings (SSSR count). The van der Waals surface area contributed by atoms with Crippen molar-refractivity contribution in [1.82, 2.24) is 14.5 Å². The largest absolute Gasteiger partial charge is 0.293 e. The average molecular weight is 528 g/mol. The highest BCUT2D eigenvalue weighted by Crippen LogP contribution is 2.41. The van der Waals surface area contributed by atoms with Crippen LogP contribution in [-0.4, -0.2) is 14.5 Å². The smallest absolute Gasteiger partial charge is 0.163 e. The summed E-state index contributed by atoms with van der Waals surface area (Å²) in [5, 5.41) is 9.54. The number of rotatable bonds is 2. The van der Waals surface area contributed by atoms with E-state index in [0.717, 1.165) is 43.8 Å². The SMILES string of the molecule is c1ccc2cc3c(cc2c1)c1ccccc1n3-c1nc(-c2cccc3ccccc23)nc2sc3ccccc3c12. The summed E-state index contributed by atoms with van der Waals surface area (Å²) in [6, 6.07) is 45.3. The van der Waals surface area contributed by atoms with Gasteiger partial charge in [-0.2, -0.15) is 0 Å². The van der Waals surface area contributed by atoms with Crippen LogP contribution in [0, 0.1) is 0 Å². The molecule has 3 heterocycles. The van der Waals surface area contributed by atoms with Crippen molar-refractivity contribution >= 4 is 75.0 Å². The predicted molar refractivity (Wildman–Crippen MR) is 170 cm³/mol. The van der Waals surface area contributed by atoms with Crippen LogP contribution in [0.2, 0.25) is 0 Å². The maximum atomic E-state index is 5.42. The molecule has 0 saturated heterocycles. The zero-order valence-electron chi connectivity index (χ0n) is 21.4. The fraction of sp³-hybridized carbons (Fsp3) is 0. The van der Waals surface area contributed by atoms with E-state index < -0.39 is 0 Å². The number of hydrogen-bond acceptors (Lipinski definition) is 3. The van der Waals surface area contributed by atoms with Crippen LogP contribution in [-0.2, 0) is 0 Å². The van der Waals surface area contributed by atoms with Crippen molar-refractivity contribution in [2.75, 3.05) is 0 Å². The van der Waals surface area contributed by atoms with Gasteiger partial charge < -0.3 is 0 Å². The van der Waals surface area contributed by atoms with Gasteiger partial charge in [-0.05, 0) is 45.8 Å². The Morgan fingerprint density at radius 2 is 1.18 bits per heavy atom. The van der Waals surface area contributed by atoms with Crippen LogP contribution < -0.4 is 0 Å². The molecule has 6 aromatic carbocycles. The van der Waals surface area contributed by atoms with Gasteiger partial charge in [0, 0.05) is 26.4 Å². The number of aromatic nitrogens is 3. The van der Waals surface area contributed by atoms with E-state index in [9.17, 15) is 0 Å². The van der Waals surface area contributed by atoms with E-state index in [2.05, 4.69) is 132 Å². The molecule has 0 unspecified atom stereocenters. The van der Waals surface area contributed by atoms with E-state index in [1.807, 2.05) is 0 Å². The van der Waals surface area contributed by atoms with Crippen LogP contribution in [0.4, 0.5) is 0 Å². The maximum absolute atomic E-state index is 5.42. The number of nitrogens with zero attached hydrogens (tertiary/aromatic N) is 3. The average Bonchev–Trinajstić information content (AvgIpc) is 3.54. The lowest BCUT2D eigenvalue weighted by Gasteiger charge is -2.12. The summed E-state index contributed by atoms with van der Waals surface area (Å²) in [6.07, 6.45) is 0. The first-order chi connectivity index (χ1) is 19.8. The van der Waals surface area contributed by atoms with E-state index in [1.54, 1.807) is 11.3 Å². The van der Waals surface area contributed by atoms with Crippen molar-refractivity contribution in [3.8, 4) is 17.2 Å². The number of benzene rings is 6. The molecule has 0 fully saturated rings. The molecule has 0 atom stereocenters. The van der Waals surface area contributed by atoms with Crippen molar-refractivity contribution in [3.63, 3.8) is 0 Å². The Balaban J connectivity index is 1.48. The second kappa shape index (κ2) is 8.22. The summed E-state index contributed by atoms with van der Waals surface area (Å²) < 4.78 is 3.57. The molecule has 0 aliphatic heterocycles. The van der Waals surface area contributed by atoms with Gasteiger partial charge in [0.15, 0.2) is 11.6 Å². The third-order valence-electron chi connectivity index (χ3n) is 8.00. The van der Waals surface area contributed by atoms with Crippen molar-refractivity contribution in [1.29, 1.82) is 0 Å². The summed E-state index contributed by atoms with van der Waals surface area (Å²) in [6.45, 7) is 0. The minimum Gasteiger partial charge on any atom is -0.293 e. The van der Waals surface area contributed by atoms with Crippen LogP contribution in [0.25, 0.3) is 80.9 Å². The fourth-order valence-electron chi connectivity index (χ4n) is 6.19. The lowest BCUT2D eigenvalue weighted by Crippen LogP contribution is -2.02. The quantitative estimate of drug-likeness (QED) is 0.224. The van der Waals surface area contributed by atoms with Gasteiger partial charge >= 0.3 is 0 Å². The van der Waals surface area contributed by atoms with Gasteiger partial charge in [0.25, 0.3) is 0 Å². The van der Waals surface area contributed by atoms with Crippen LogP contribution in [0.5, 0.6) is 0 Å². The minimum absolute atomic E-state index is 0.748. The summed E-state index contributed by atoms with van der Waals surface area (Å²) in [5.74, 6) is 1.67. The molecule has 9 aromatic rings. The fourth-order valence-corrected chi connectivity index (χ4v) is 7.26. The first-order valence-electron chi connectivity index (χ1n) is 13.4. The zero-order valence-corrected chi connectivity index (χ0v) is 22.2. The third-order valence-corrected chi connectivity index (χ3v) is 9.07. The Hall–Kier alpha value is -5.06. The van der Waals surface area contributed by atoms with Crippen LogP contribution in [0.1, 0.15) is 0 Å². The van der Waals surface area contributed by atoms with Gasteiger partial charge in [0.05, 0.1) is 16.4 Å². The van der Waals surface area contributed by atoms with E-state index in [0.29, 0.717) is 0 Å². The van der Waals surface area contributed by atoms with E-state index >= 15 is 0 Å². The van der Waals surface area contributed by atoms with E-state index in [4.69, 9.17) is 9.97 Å². The predicted octanol–water partition coefficient (Wildman–Crippen LogP) is 9.91. The van der Waals surface area contributed by atoms with Gasteiger partial charge in [-0.3, -0.25) is 4.57 Å². The van der Waals surface area contributed by atoms with Crippen LogP contribution >= 0.6 is 11.3 Å². The summed E-state index contributed by atoms with van der Waals surface area (Å²) in [5.41, 5.74) is 3.34. The lowest BCUT2D eigenvalue weighted by atomic mass is 10.0. The second-order valence-electron chi connectivity index (χ2n) is 10.2. The Bertz CT molecular complexity index is 2440. The number of hydrogen-bond donors (Lipinski definition) is 0. The minimum atomic E-state index is 0.748. The zero-order chi connectivity index (χ0) is 26.2. The van der Waals surface area contributed by atoms with Crippen LogP contribution in [0.15, 0.2) is 127 Å². The van der Waals surface area contributed by atoms with Crippen molar-refractivity contribution in [2.24, 2.45) is 0 Å². The molecule has 3 aromatic heterocycles. The van der Waals surface area contributed by atoms with Crippen molar-refractivity contribution in [3.05, 3.63) is 127 Å². The molecule has 0 saturated carbocycles. The van der Waals surface area contributed by atoms with Gasteiger partial charge in [-0.15, -0.1) is 11.3 Å². The summed E-state index contributed by atoms with van der Waals surface area (Å²) >= 11 is 1.74. The highest BCUT2D eigenvalue weighted by Gasteiger charge is 2.21. The van der Waals surface area contributed by atoms with Crippen molar-refractivity contribution < 1.29 is 0 Å². The van der Waals surface area contributed by atoms with E-state index in [1.165, 1.54) is 37.0 Å². The summed E-state index contributed by atoms with van der Waals surface area (Å²) in [4.78, 5) is 11.6. The Kier molecular flexibility index (Phi) is 4.48. The first-order valence-corrected chi connectivity index (χ1v) is 14.2.